The van der Waals surface area contributed by atoms with Gasteiger partial charge in [-0.2, -0.15) is 0 Å². The topological polar surface area (TPSA) is 31.4 Å². The maximum absolute atomic E-state index is 5.78. The highest BCUT2D eigenvalue weighted by atomic mass is 16.5. The van der Waals surface area contributed by atoms with Crippen molar-refractivity contribution in [2.75, 3.05) is 7.11 Å². The quantitative estimate of drug-likeness (QED) is 0.701. The molecule has 0 bridgehead atoms. The van der Waals surface area contributed by atoms with Gasteiger partial charge in [0, 0.05) is 17.8 Å². The van der Waals surface area contributed by atoms with E-state index in [0.717, 1.165) is 28.3 Å². The van der Waals surface area contributed by atoms with Crippen molar-refractivity contribution in [3.8, 4) is 22.8 Å². The normalized spacial score (nSPS) is 10.2. The summed E-state index contributed by atoms with van der Waals surface area (Å²) in [5, 5.41) is 0. The Labute approximate surface area is 130 Å². The lowest BCUT2D eigenvalue weighted by molar-refractivity contribution is 0.306. The van der Waals surface area contributed by atoms with Gasteiger partial charge >= 0.3 is 0 Å². The maximum atomic E-state index is 5.78. The molecular weight excluding hydrogens is 274 g/mol. The van der Waals surface area contributed by atoms with Crippen molar-refractivity contribution in [1.82, 2.24) is 4.98 Å². The van der Waals surface area contributed by atoms with E-state index < -0.39 is 0 Å². The number of ether oxygens (including phenoxy) is 2. The average Bonchev–Trinajstić information content (AvgIpc) is 2.61. The molecule has 0 amide bonds. The lowest BCUT2D eigenvalue weighted by Crippen LogP contribution is -1.94. The molecule has 1 heterocycles. The highest BCUT2D eigenvalue weighted by Gasteiger charge is 2.02. The van der Waals surface area contributed by atoms with E-state index in [9.17, 15) is 0 Å². The van der Waals surface area contributed by atoms with Crippen LogP contribution in [0.4, 0.5) is 0 Å². The zero-order chi connectivity index (χ0) is 15.2. The molecule has 0 aliphatic heterocycles. The molecule has 3 nitrogen and oxygen atoms in total. The van der Waals surface area contributed by atoms with Gasteiger partial charge in [-0.05, 0) is 35.9 Å². The van der Waals surface area contributed by atoms with Crippen molar-refractivity contribution in [3.63, 3.8) is 0 Å². The largest absolute Gasteiger partial charge is 0.497 e. The van der Waals surface area contributed by atoms with Crippen molar-refractivity contribution in [2.45, 2.75) is 6.61 Å². The number of methoxy groups -OCH3 is 1. The van der Waals surface area contributed by atoms with E-state index in [1.807, 2.05) is 54.6 Å². The standard InChI is InChI=1S/C19H17NO2/c1-21-18-11-12-20-19(13-18)16-7-9-17(10-8-16)22-14-15-5-3-2-4-6-15/h2-13H,14H2,1H3. The van der Waals surface area contributed by atoms with E-state index in [0.29, 0.717) is 6.61 Å². The molecule has 0 saturated carbocycles. The number of aromatic nitrogens is 1. The summed E-state index contributed by atoms with van der Waals surface area (Å²) in [4.78, 5) is 4.36. The molecule has 0 aliphatic carbocycles. The van der Waals surface area contributed by atoms with Crippen LogP contribution in [0, 0.1) is 0 Å². The Morgan fingerprint density at radius 2 is 1.64 bits per heavy atom. The van der Waals surface area contributed by atoms with Gasteiger partial charge in [0.2, 0.25) is 0 Å². The van der Waals surface area contributed by atoms with Gasteiger partial charge in [-0.1, -0.05) is 30.3 Å². The molecular formula is C19H17NO2. The Bertz CT molecular complexity index is 724. The van der Waals surface area contributed by atoms with Crippen LogP contribution in [0.2, 0.25) is 0 Å². The van der Waals surface area contributed by atoms with Crippen LogP contribution in [-0.4, -0.2) is 12.1 Å². The number of benzene rings is 2. The molecule has 0 atom stereocenters. The third kappa shape index (κ3) is 3.44. The Hall–Kier alpha value is -2.81. The van der Waals surface area contributed by atoms with Crippen LogP contribution in [0.15, 0.2) is 72.9 Å². The van der Waals surface area contributed by atoms with Gasteiger partial charge in [-0.15, -0.1) is 0 Å². The number of nitrogens with zero attached hydrogens (tertiary/aromatic N) is 1. The number of rotatable bonds is 5. The summed E-state index contributed by atoms with van der Waals surface area (Å²) in [6.45, 7) is 0.567. The van der Waals surface area contributed by atoms with Crippen LogP contribution in [0.25, 0.3) is 11.3 Å². The predicted molar refractivity (Wildman–Crippen MR) is 87.0 cm³/mol. The average molecular weight is 291 g/mol. The lowest BCUT2D eigenvalue weighted by atomic mass is 10.1. The molecule has 0 radical (unpaired) electrons. The lowest BCUT2D eigenvalue weighted by Gasteiger charge is -2.08. The zero-order valence-corrected chi connectivity index (χ0v) is 12.4. The van der Waals surface area contributed by atoms with Gasteiger partial charge in [-0.3, -0.25) is 4.98 Å². The Kier molecular flexibility index (Phi) is 4.35. The molecule has 3 aromatic rings. The first-order valence-electron chi connectivity index (χ1n) is 7.12. The second-order valence-electron chi connectivity index (χ2n) is 4.88. The van der Waals surface area contributed by atoms with Gasteiger partial charge in [-0.25, -0.2) is 0 Å². The van der Waals surface area contributed by atoms with Crippen LogP contribution in [-0.2, 0) is 6.61 Å². The second kappa shape index (κ2) is 6.76. The first kappa shape index (κ1) is 14.1. The monoisotopic (exact) mass is 291 g/mol. The first-order valence-corrected chi connectivity index (χ1v) is 7.12. The van der Waals surface area contributed by atoms with E-state index in [2.05, 4.69) is 17.1 Å². The Balaban J connectivity index is 1.69. The molecule has 0 saturated heterocycles. The Morgan fingerprint density at radius 1 is 0.864 bits per heavy atom. The van der Waals surface area contributed by atoms with Gasteiger partial charge in [0.05, 0.1) is 12.8 Å². The molecule has 0 spiro atoms. The van der Waals surface area contributed by atoms with E-state index in [1.165, 1.54) is 0 Å². The molecule has 0 fully saturated rings. The van der Waals surface area contributed by atoms with Gasteiger partial charge in [0.1, 0.15) is 18.1 Å². The minimum absolute atomic E-state index is 0.567. The molecule has 110 valence electrons. The Morgan fingerprint density at radius 3 is 2.36 bits per heavy atom. The summed E-state index contributed by atoms with van der Waals surface area (Å²) in [5.41, 5.74) is 3.07. The molecule has 0 N–H and O–H groups in total. The summed E-state index contributed by atoms with van der Waals surface area (Å²) < 4.78 is 11.0. The van der Waals surface area contributed by atoms with Crippen molar-refractivity contribution < 1.29 is 9.47 Å². The number of pyridine rings is 1. The number of hydrogen-bond acceptors (Lipinski definition) is 3. The van der Waals surface area contributed by atoms with Crippen LogP contribution >= 0.6 is 0 Å². The molecule has 22 heavy (non-hydrogen) atoms. The first-order chi connectivity index (χ1) is 10.8. The van der Waals surface area contributed by atoms with Crippen molar-refractivity contribution in [1.29, 1.82) is 0 Å². The maximum Gasteiger partial charge on any atom is 0.122 e. The highest BCUT2D eigenvalue weighted by molar-refractivity contribution is 5.61. The third-order valence-electron chi connectivity index (χ3n) is 3.37. The van der Waals surface area contributed by atoms with Crippen molar-refractivity contribution >= 4 is 0 Å². The predicted octanol–water partition coefficient (Wildman–Crippen LogP) is 4.34. The summed E-state index contributed by atoms with van der Waals surface area (Å²) in [6.07, 6.45) is 1.74. The summed E-state index contributed by atoms with van der Waals surface area (Å²) in [5.74, 6) is 1.64. The van der Waals surface area contributed by atoms with Crippen LogP contribution in [0.3, 0.4) is 0 Å². The zero-order valence-electron chi connectivity index (χ0n) is 12.4. The highest BCUT2D eigenvalue weighted by Crippen LogP contribution is 2.24. The summed E-state index contributed by atoms with van der Waals surface area (Å²) in [6, 6.07) is 21.8. The summed E-state index contributed by atoms with van der Waals surface area (Å²) in [7, 11) is 1.65. The smallest absolute Gasteiger partial charge is 0.122 e. The SMILES string of the molecule is COc1ccnc(-c2ccc(OCc3ccccc3)cc2)c1. The van der Waals surface area contributed by atoms with Crippen LogP contribution in [0.5, 0.6) is 11.5 Å². The van der Waals surface area contributed by atoms with Gasteiger partial charge < -0.3 is 9.47 Å². The number of hydrogen-bond donors (Lipinski definition) is 0. The van der Waals surface area contributed by atoms with E-state index >= 15 is 0 Å². The fourth-order valence-corrected chi connectivity index (χ4v) is 2.16. The van der Waals surface area contributed by atoms with Crippen molar-refractivity contribution in [3.05, 3.63) is 78.5 Å². The van der Waals surface area contributed by atoms with E-state index in [1.54, 1.807) is 13.3 Å². The molecule has 1 aromatic heterocycles. The van der Waals surface area contributed by atoms with E-state index in [4.69, 9.17) is 9.47 Å². The fraction of sp³-hybridized carbons (Fsp3) is 0.105. The van der Waals surface area contributed by atoms with Crippen LogP contribution < -0.4 is 9.47 Å². The van der Waals surface area contributed by atoms with Crippen molar-refractivity contribution in [2.24, 2.45) is 0 Å². The molecule has 2 aromatic carbocycles. The third-order valence-corrected chi connectivity index (χ3v) is 3.37. The summed E-state index contributed by atoms with van der Waals surface area (Å²) >= 11 is 0. The molecule has 3 heteroatoms. The minimum Gasteiger partial charge on any atom is -0.497 e. The molecule has 0 unspecified atom stereocenters. The minimum atomic E-state index is 0.567. The van der Waals surface area contributed by atoms with E-state index in [-0.39, 0.29) is 0 Å². The second-order valence-corrected chi connectivity index (χ2v) is 4.88. The van der Waals surface area contributed by atoms with Gasteiger partial charge in [0.15, 0.2) is 0 Å². The molecule has 3 rings (SSSR count). The van der Waals surface area contributed by atoms with Gasteiger partial charge in [0.25, 0.3) is 0 Å². The fourth-order valence-electron chi connectivity index (χ4n) is 2.16. The van der Waals surface area contributed by atoms with Crippen LogP contribution in [0.1, 0.15) is 5.56 Å². The molecule has 0 aliphatic rings.